The molecule has 2 unspecified atom stereocenters. The maximum atomic E-state index is 12.6. The van der Waals surface area contributed by atoms with Crippen molar-refractivity contribution in [1.29, 1.82) is 0 Å². The van der Waals surface area contributed by atoms with Crippen molar-refractivity contribution in [3.05, 3.63) is 59.7 Å². The minimum atomic E-state index is -1.10. The number of hydrogen-bond acceptors (Lipinski definition) is 6. The van der Waals surface area contributed by atoms with Crippen LogP contribution < -0.4 is 9.64 Å². The van der Waals surface area contributed by atoms with E-state index in [0.717, 1.165) is 34.7 Å². The van der Waals surface area contributed by atoms with Crippen molar-refractivity contribution in [3.63, 3.8) is 0 Å². The number of anilines is 2. The van der Waals surface area contributed by atoms with Crippen LogP contribution in [-0.4, -0.2) is 52.2 Å². The molecule has 2 aliphatic rings. The summed E-state index contributed by atoms with van der Waals surface area (Å²) in [5.74, 6) is -0.240. The second-order valence-corrected chi connectivity index (χ2v) is 9.55. The number of carbonyl (C=O) groups excluding carboxylic acids is 1. The Hall–Kier alpha value is -2.84. The van der Waals surface area contributed by atoms with Gasteiger partial charge in [0, 0.05) is 29.4 Å². The molecule has 4 rings (SSSR count). The van der Waals surface area contributed by atoms with Gasteiger partial charge in [-0.2, -0.15) is 0 Å². The van der Waals surface area contributed by atoms with Crippen molar-refractivity contribution in [1.82, 2.24) is 4.90 Å². The molecule has 1 aliphatic carbocycles. The molecule has 0 radical (unpaired) electrons. The first-order valence-electron chi connectivity index (χ1n) is 10.8. The summed E-state index contributed by atoms with van der Waals surface area (Å²) in [5.41, 5.74) is 4.56. The fourth-order valence-corrected chi connectivity index (χ4v) is 5.32. The molecule has 1 heterocycles. The predicted octanol–water partition coefficient (Wildman–Crippen LogP) is 5.06. The largest absolute Gasteiger partial charge is 0.497 e. The molecule has 6 nitrogen and oxygen atoms in total. The van der Waals surface area contributed by atoms with E-state index in [2.05, 4.69) is 29.2 Å². The number of thiocarbonyl (C=S) groups is 1. The van der Waals surface area contributed by atoms with E-state index in [1.165, 1.54) is 35.5 Å². The fraction of sp³-hybridized carbons (Fsp3) is 0.320. The Labute approximate surface area is 203 Å². The van der Waals surface area contributed by atoms with E-state index in [1.54, 1.807) is 19.4 Å². The van der Waals surface area contributed by atoms with Crippen LogP contribution in [0.25, 0.3) is 6.08 Å². The lowest BCUT2D eigenvalue weighted by Gasteiger charge is -2.27. The molecule has 0 bridgehead atoms. The first-order valence-corrected chi connectivity index (χ1v) is 12.4. The smallest absolute Gasteiger partial charge is 0.323 e. The maximum absolute atomic E-state index is 12.6. The molecule has 2 aromatic carbocycles. The molecule has 1 aliphatic heterocycles. The summed E-state index contributed by atoms with van der Waals surface area (Å²) in [6.45, 7) is -0.451. The van der Waals surface area contributed by atoms with Gasteiger partial charge in [-0.05, 0) is 72.7 Å². The van der Waals surface area contributed by atoms with Gasteiger partial charge in [-0.25, -0.2) is 0 Å². The highest BCUT2D eigenvalue weighted by Gasteiger charge is 2.42. The molecule has 1 fully saturated rings. The van der Waals surface area contributed by atoms with Gasteiger partial charge in [0.25, 0.3) is 5.91 Å². The number of aliphatic carboxylic acids is 1. The Bertz CT molecular complexity index is 1100. The van der Waals surface area contributed by atoms with Crippen LogP contribution >= 0.6 is 24.0 Å². The number of carboxylic acid groups (broad SMARTS) is 1. The second kappa shape index (κ2) is 9.97. The van der Waals surface area contributed by atoms with Gasteiger partial charge in [0.1, 0.15) is 16.6 Å². The van der Waals surface area contributed by atoms with E-state index >= 15 is 0 Å². The molecular formula is C25H26N2O4S2. The average molecular weight is 483 g/mol. The molecule has 2 atom stereocenters. The van der Waals surface area contributed by atoms with E-state index < -0.39 is 18.4 Å². The van der Waals surface area contributed by atoms with Crippen LogP contribution in [-0.2, 0) is 9.59 Å². The van der Waals surface area contributed by atoms with Gasteiger partial charge in [-0.3, -0.25) is 14.5 Å². The third-order valence-corrected chi connectivity index (χ3v) is 7.54. The van der Waals surface area contributed by atoms with Crippen LogP contribution in [0.1, 0.15) is 36.3 Å². The van der Waals surface area contributed by atoms with Crippen molar-refractivity contribution < 1.29 is 19.4 Å². The van der Waals surface area contributed by atoms with E-state index in [4.69, 9.17) is 22.1 Å². The van der Waals surface area contributed by atoms with Crippen molar-refractivity contribution in [2.75, 3.05) is 24.8 Å². The van der Waals surface area contributed by atoms with Gasteiger partial charge >= 0.3 is 5.97 Å². The fourth-order valence-electron chi connectivity index (χ4n) is 4.79. The number of ether oxygens (including phenoxy) is 1. The Morgan fingerprint density at radius 3 is 2.67 bits per heavy atom. The number of methoxy groups -OCH3 is 1. The highest BCUT2D eigenvalue weighted by Crippen LogP contribution is 2.52. The van der Waals surface area contributed by atoms with Crippen LogP contribution in [0, 0.1) is 0 Å². The normalized spacial score (nSPS) is 18.8. The quantitative estimate of drug-likeness (QED) is 0.456. The molecule has 2 aromatic rings. The van der Waals surface area contributed by atoms with Crippen LogP contribution in [0.5, 0.6) is 5.75 Å². The van der Waals surface area contributed by atoms with Crippen LogP contribution in [0.15, 0.2) is 48.5 Å². The zero-order valence-corrected chi connectivity index (χ0v) is 20.2. The number of hydrogen-bond donors (Lipinski definition) is 1. The predicted molar refractivity (Wildman–Crippen MR) is 136 cm³/mol. The van der Waals surface area contributed by atoms with Gasteiger partial charge in [0.15, 0.2) is 0 Å². The molecule has 172 valence electrons. The summed E-state index contributed by atoms with van der Waals surface area (Å²) >= 11 is 6.33. The monoisotopic (exact) mass is 482 g/mol. The number of carboxylic acids is 1. The van der Waals surface area contributed by atoms with Crippen LogP contribution in [0.2, 0.25) is 0 Å². The molecule has 0 aromatic heterocycles. The molecule has 33 heavy (non-hydrogen) atoms. The minimum absolute atomic E-state index is 0.241. The standard InChI is InChI=1S/C25H26N2O4S2/c1-31-18-10-8-17(9-11-18)27-21-5-3-4-19(21)20-14-16(6-12-22(20)27)7-13-23(28)26(15-24(29)30)25(32)33-2/h6-14,19,21H,3-5,15H2,1-2H3,(H,29,30)/b13-7+. The van der Waals surface area contributed by atoms with Crippen LogP contribution in [0.4, 0.5) is 11.4 Å². The van der Waals surface area contributed by atoms with Crippen molar-refractivity contribution in [2.24, 2.45) is 0 Å². The summed E-state index contributed by atoms with van der Waals surface area (Å²) < 4.78 is 5.55. The zero-order valence-electron chi connectivity index (χ0n) is 18.6. The van der Waals surface area contributed by atoms with Gasteiger partial charge < -0.3 is 14.7 Å². The first-order chi connectivity index (χ1) is 15.9. The first kappa shape index (κ1) is 23.3. The minimum Gasteiger partial charge on any atom is -0.497 e. The number of benzene rings is 2. The van der Waals surface area contributed by atoms with Gasteiger partial charge in [-0.15, -0.1) is 0 Å². The van der Waals surface area contributed by atoms with E-state index in [1.807, 2.05) is 18.2 Å². The topological polar surface area (TPSA) is 70.1 Å². The Balaban J connectivity index is 1.60. The summed E-state index contributed by atoms with van der Waals surface area (Å²) in [7, 11) is 1.67. The Morgan fingerprint density at radius 2 is 2.00 bits per heavy atom. The van der Waals surface area contributed by atoms with Gasteiger partial charge in [0.2, 0.25) is 0 Å². The van der Waals surface area contributed by atoms with E-state index in [-0.39, 0.29) is 4.32 Å². The zero-order chi connectivity index (χ0) is 23.5. The van der Waals surface area contributed by atoms with Gasteiger partial charge in [0.05, 0.1) is 7.11 Å². The van der Waals surface area contributed by atoms with Crippen molar-refractivity contribution in [2.45, 2.75) is 31.2 Å². The molecule has 1 saturated carbocycles. The third kappa shape index (κ3) is 4.77. The lowest BCUT2D eigenvalue weighted by atomic mass is 9.96. The maximum Gasteiger partial charge on any atom is 0.323 e. The number of nitrogens with zero attached hydrogens (tertiary/aromatic N) is 2. The number of thioether (sulfide) groups is 1. The van der Waals surface area contributed by atoms with Crippen molar-refractivity contribution in [3.8, 4) is 5.75 Å². The summed E-state index contributed by atoms with van der Waals surface area (Å²) in [6.07, 6.45) is 8.34. The van der Waals surface area contributed by atoms with E-state index in [9.17, 15) is 9.59 Å². The molecule has 1 N–H and O–H groups in total. The highest BCUT2D eigenvalue weighted by molar-refractivity contribution is 8.22. The summed E-state index contributed by atoms with van der Waals surface area (Å²) in [5, 5.41) is 9.10. The lowest BCUT2D eigenvalue weighted by Crippen LogP contribution is -2.37. The molecule has 0 saturated heterocycles. The van der Waals surface area contributed by atoms with Crippen molar-refractivity contribution >= 4 is 57.6 Å². The summed E-state index contributed by atoms with van der Waals surface area (Å²) in [4.78, 5) is 27.3. The van der Waals surface area contributed by atoms with Crippen LogP contribution in [0.3, 0.4) is 0 Å². The SMILES string of the molecule is COc1ccc(N2c3ccc(/C=C/C(=O)N(CC(=O)O)C(=S)SC)cc3C3CCCC32)cc1. The molecule has 1 amide bonds. The molecule has 0 spiro atoms. The number of carbonyl (C=O) groups is 2. The Morgan fingerprint density at radius 1 is 1.24 bits per heavy atom. The summed E-state index contributed by atoms with van der Waals surface area (Å²) in [6, 6.07) is 14.9. The third-order valence-electron chi connectivity index (χ3n) is 6.25. The van der Waals surface area contributed by atoms with E-state index in [0.29, 0.717) is 12.0 Å². The lowest BCUT2D eigenvalue weighted by molar-refractivity contribution is -0.140. The second-order valence-electron chi connectivity index (χ2n) is 8.11. The average Bonchev–Trinajstić information content (AvgIpc) is 3.41. The van der Waals surface area contributed by atoms with Gasteiger partial charge in [-0.1, -0.05) is 36.5 Å². The number of rotatable bonds is 6. The number of fused-ring (bicyclic) bond motifs is 3. The Kier molecular flexibility index (Phi) is 7.05. The molecule has 8 heteroatoms. The highest BCUT2D eigenvalue weighted by atomic mass is 32.2. The number of amides is 1. The molecular weight excluding hydrogens is 456 g/mol.